The summed E-state index contributed by atoms with van der Waals surface area (Å²) in [6.07, 6.45) is 1.12. The molecule has 0 fully saturated rings. The predicted molar refractivity (Wildman–Crippen MR) is 91.0 cm³/mol. The minimum Gasteiger partial charge on any atom is -0.271 e. The summed E-state index contributed by atoms with van der Waals surface area (Å²) in [5, 5.41) is 2.08. The first-order valence-corrected chi connectivity index (χ1v) is 8.02. The van der Waals surface area contributed by atoms with Gasteiger partial charge in [0.25, 0.3) is 0 Å². The fourth-order valence-electron chi connectivity index (χ4n) is 3.07. The zero-order valence-electron chi connectivity index (χ0n) is 13.5. The first-order valence-electron chi connectivity index (χ1n) is 8.02. The van der Waals surface area contributed by atoms with Gasteiger partial charge in [-0.05, 0) is 37.0 Å². The summed E-state index contributed by atoms with van der Waals surface area (Å²) in [5.74, 6) is 0. The summed E-state index contributed by atoms with van der Waals surface area (Å²) in [7, 11) is 0. The van der Waals surface area contributed by atoms with Crippen LogP contribution in [0.25, 0.3) is 5.57 Å². The molecular formula is C20H23NO. The average Bonchev–Trinajstić information content (AvgIpc) is 2.54. The van der Waals surface area contributed by atoms with E-state index in [1.807, 2.05) is 0 Å². The molecule has 0 atom stereocenters. The number of allylic oxidation sites excluding steroid dienone is 1. The number of fused-ring (bicyclic) bond motifs is 1. The van der Waals surface area contributed by atoms with Gasteiger partial charge in [-0.3, -0.25) is 9.90 Å². The molecule has 0 saturated carbocycles. The van der Waals surface area contributed by atoms with Gasteiger partial charge in [0.2, 0.25) is 0 Å². The summed E-state index contributed by atoms with van der Waals surface area (Å²) < 4.78 is 0. The van der Waals surface area contributed by atoms with Crippen LogP contribution >= 0.6 is 0 Å². The lowest BCUT2D eigenvalue weighted by Crippen LogP contribution is -2.30. The maximum atomic E-state index is 6.08. The molecule has 0 saturated heterocycles. The number of nitrogens with zero attached hydrogens (tertiary/aromatic N) is 1. The predicted octanol–water partition coefficient (Wildman–Crippen LogP) is 5.01. The molecule has 1 heterocycles. The third-order valence-corrected chi connectivity index (χ3v) is 3.93. The van der Waals surface area contributed by atoms with E-state index in [9.17, 15) is 0 Å². The number of hydrogen-bond acceptors (Lipinski definition) is 2. The van der Waals surface area contributed by atoms with Crippen molar-refractivity contribution in [1.82, 2.24) is 5.06 Å². The Morgan fingerprint density at radius 1 is 1.00 bits per heavy atom. The van der Waals surface area contributed by atoms with Crippen molar-refractivity contribution in [3.05, 3.63) is 77.0 Å². The molecule has 2 aromatic rings. The van der Waals surface area contributed by atoms with Gasteiger partial charge in [-0.15, -0.1) is 0 Å². The van der Waals surface area contributed by atoms with Crippen LogP contribution in [0.5, 0.6) is 0 Å². The van der Waals surface area contributed by atoms with E-state index in [2.05, 4.69) is 80.4 Å². The third kappa shape index (κ3) is 2.79. The van der Waals surface area contributed by atoms with Crippen LogP contribution in [0.3, 0.4) is 0 Å². The lowest BCUT2D eigenvalue weighted by atomic mass is 9.88. The van der Waals surface area contributed by atoms with Crippen LogP contribution in [-0.4, -0.2) is 11.2 Å². The molecular weight excluding hydrogens is 270 g/mol. The smallest absolute Gasteiger partial charge is 0.0800 e. The van der Waals surface area contributed by atoms with E-state index in [1.54, 1.807) is 0 Å². The van der Waals surface area contributed by atoms with E-state index in [0.717, 1.165) is 13.0 Å². The lowest BCUT2D eigenvalue weighted by molar-refractivity contribution is -0.171. The molecule has 0 unspecified atom stereocenters. The van der Waals surface area contributed by atoms with Crippen LogP contribution in [-0.2, 0) is 11.4 Å². The van der Waals surface area contributed by atoms with Gasteiger partial charge in [-0.1, -0.05) is 61.5 Å². The molecule has 22 heavy (non-hydrogen) atoms. The van der Waals surface area contributed by atoms with Crippen molar-refractivity contribution in [2.24, 2.45) is 0 Å². The fraction of sp³-hybridized carbons (Fsp3) is 0.300. The summed E-state index contributed by atoms with van der Waals surface area (Å²) >= 11 is 0. The standard InChI is InChI=1S/C20H23NO/c1-4-19-20(16-10-6-5-7-11-16)18-13-9-8-12-17(18)14-21(19)22-15(2)3/h5-13,15H,4,14H2,1-3H3. The molecule has 2 nitrogen and oxygen atoms in total. The van der Waals surface area contributed by atoms with E-state index >= 15 is 0 Å². The molecule has 1 aliphatic rings. The second-order valence-corrected chi connectivity index (χ2v) is 5.89. The van der Waals surface area contributed by atoms with Crippen molar-refractivity contribution in [1.29, 1.82) is 0 Å². The van der Waals surface area contributed by atoms with Crippen molar-refractivity contribution in [2.75, 3.05) is 0 Å². The Kier molecular flexibility index (Phi) is 4.30. The van der Waals surface area contributed by atoms with E-state index < -0.39 is 0 Å². The molecule has 0 bridgehead atoms. The van der Waals surface area contributed by atoms with Gasteiger partial charge in [0.05, 0.1) is 12.6 Å². The highest BCUT2D eigenvalue weighted by atomic mass is 16.7. The lowest BCUT2D eigenvalue weighted by Gasteiger charge is -2.35. The zero-order chi connectivity index (χ0) is 15.5. The Bertz CT molecular complexity index is 673. The van der Waals surface area contributed by atoms with Gasteiger partial charge in [-0.25, -0.2) is 0 Å². The average molecular weight is 293 g/mol. The van der Waals surface area contributed by atoms with E-state index in [4.69, 9.17) is 4.84 Å². The van der Waals surface area contributed by atoms with Crippen LogP contribution in [0.2, 0.25) is 0 Å². The normalized spacial score (nSPS) is 14.5. The molecule has 3 rings (SSSR count). The molecule has 0 aliphatic carbocycles. The van der Waals surface area contributed by atoms with Gasteiger partial charge >= 0.3 is 0 Å². The van der Waals surface area contributed by atoms with Crippen LogP contribution in [0.1, 0.15) is 43.9 Å². The van der Waals surface area contributed by atoms with Gasteiger partial charge in [0.1, 0.15) is 0 Å². The SMILES string of the molecule is CCC1=C(c2ccccc2)c2ccccc2CN1OC(C)C. The van der Waals surface area contributed by atoms with Crippen LogP contribution in [0.4, 0.5) is 0 Å². The van der Waals surface area contributed by atoms with E-state index in [1.165, 1.54) is 28.0 Å². The fourth-order valence-corrected chi connectivity index (χ4v) is 3.07. The van der Waals surface area contributed by atoms with Crippen molar-refractivity contribution in [3.8, 4) is 0 Å². The Balaban J connectivity index is 2.18. The van der Waals surface area contributed by atoms with Crippen molar-refractivity contribution < 1.29 is 4.84 Å². The van der Waals surface area contributed by atoms with Crippen LogP contribution in [0, 0.1) is 0 Å². The number of hydrogen-bond donors (Lipinski definition) is 0. The Morgan fingerprint density at radius 2 is 1.68 bits per heavy atom. The minimum absolute atomic E-state index is 0.170. The zero-order valence-corrected chi connectivity index (χ0v) is 13.5. The van der Waals surface area contributed by atoms with Gasteiger partial charge in [-0.2, -0.15) is 0 Å². The monoisotopic (exact) mass is 293 g/mol. The molecule has 0 radical (unpaired) electrons. The molecule has 0 N–H and O–H groups in total. The quantitative estimate of drug-likeness (QED) is 0.785. The molecule has 0 aromatic heterocycles. The number of rotatable bonds is 4. The summed E-state index contributed by atoms with van der Waals surface area (Å²) in [6, 6.07) is 19.3. The number of benzene rings is 2. The first-order chi connectivity index (χ1) is 10.7. The molecule has 0 amide bonds. The Hall–Kier alpha value is -2.06. The molecule has 0 spiro atoms. The van der Waals surface area contributed by atoms with Gasteiger partial charge < -0.3 is 0 Å². The second kappa shape index (κ2) is 6.37. The molecule has 114 valence electrons. The van der Waals surface area contributed by atoms with E-state index in [0.29, 0.717) is 0 Å². The molecule has 1 aliphatic heterocycles. The third-order valence-electron chi connectivity index (χ3n) is 3.93. The maximum absolute atomic E-state index is 6.08. The first kappa shape index (κ1) is 14.9. The summed E-state index contributed by atoms with van der Waals surface area (Å²) in [6.45, 7) is 7.17. The van der Waals surface area contributed by atoms with Crippen LogP contribution < -0.4 is 0 Å². The van der Waals surface area contributed by atoms with Crippen molar-refractivity contribution >= 4 is 5.57 Å². The largest absolute Gasteiger partial charge is 0.271 e. The topological polar surface area (TPSA) is 12.5 Å². The second-order valence-electron chi connectivity index (χ2n) is 5.89. The Morgan fingerprint density at radius 3 is 2.36 bits per heavy atom. The van der Waals surface area contributed by atoms with Gasteiger partial charge in [0.15, 0.2) is 0 Å². The van der Waals surface area contributed by atoms with E-state index in [-0.39, 0.29) is 6.10 Å². The highest BCUT2D eigenvalue weighted by Gasteiger charge is 2.25. The van der Waals surface area contributed by atoms with Crippen LogP contribution in [0.15, 0.2) is 60.3 Å². The van der Waals surface area contributed by atoms with Crippen molar-refractivity contribution in [2.45, 2.75) is 39.8 Å². The summed E-state index contributed by atoms with van der Waals surface area (Å²) in [5.41, 5.74) is 6.46. The molecule has 2 aromatic carbocycles. The maximum Gasteiger partial charge on any atom is 0.0800 e. The summed E-state index contributed by atoms with van der Waals surface area (Å²) in [4.78, 5) is 6.08. The highest BCUT2D eigenvalue weighted by Crippen LogP contribution is 2.37. The van der Waals surface area contributed by atoms with Crippen molar-refractivity contribution in [3.63, 3.8) is 0 Å². The minimum atomic E-state index is 0.170. The number of hydroxylamine groups is 2. The Labute approximate surface area is 133 Å². The van der Waals surface area contributed by atoms with Gasteiger partial charge in [0, 0.05) is 11.3 Å². The molecule has 2 heteroatoms. The highest BCUT2D eigenvalue weighted by molar-refractivity contribution is 5.84.